The second-order valence-electron chi connectivity index (χ2n) is 5.15. The number of rotatable bonds is 2. The van der Waals surface area contributed by atoms with Gasteiger partial charge in [-0.1, -0.05) is 20.8 Å². The van der Waals surface area contributed by atoms with Crippen molar-refractivity contribution in [1.82, 2.24) is 9.78 Å². The highest BCUT2D eigenvalue weighted by Crippen LogP contribution is 2.36. The van der Waals surface area contributed by atoms with E-state index in [1.54, 1.807) is 10.7 Å². The summed E-state index contributed by atoms with van der Waals surface area (Å²) in [5.74, 6) is -0.884. The van der Waals surface area contributed by atoms with Gasteiger partial charge < -0.3 is 5.11 Å². The molecule has 1 aromatic heterocycles. The van der Waals surface area contributed by atoms with E-state index < -0.39 is 5.97 Å². The van der Waals surface area contributed by atoms with Gasteiger partial charge in [0.2, 0.25) is 0 Å². The van der Waals surface area contributed by atoms with Gasteiger partial charge in [0.1, 0.15) is 5.69 Å². The SMILES string of the molecule is CC(C)(C)c1cc(C(=O)O)n(C2CC2)n1. The summed E-state index contributed by atoms with van der Waals surface area (Å²) < 4.78 is 1.67. The summed E-state index contributed by atoms with van der Waals surface area (Å²) >= 11 is 0. The van der Waals surface area contributed by atoms with Gasteiger partial charge in [0.15, 0.2) is 0 Å². The van der Waals surface area contributed by atoms with Crippen LogP contribution in [-0.2, 0) is 5.41 Å². The summed E-state index contributed by atoms with van der Waals surface area (Å²) in [4.78, 5) is 11.0. The lowest BCUT2D eigenvalue weighted by molar-refractivity contribution is 0.0683. The van der Waals surface area contributed by atoms with Crippen LogP contribution in [0.1, 0.15) is 55.8 Å². The maximum absolute atomic E-state index is 11.0. The Bertz CT molecular complexity index is 397. The predicted molar refractivity (Wildman–Crippen MR) is 56.2 cm³/mol. The zero-order valence-corrected chi connectivity index (χ0v) is 9.32. The quantitative estimate of drug-likeness (QED) is 0.810. The van der Waals surface area contributed by atoms with Crippen molar-refractivity contribution in [3.63, 3.8) is 0 Å². The number of carboxylic acid groups (broad SMARTS) is 1. The molecule has 15 heavy (non-hydrogen) atoms. The van der Waals surface area contributed by atoms with E-state index in [9.17, 15) is 4.79 Å². The first kappa shape index (κ1) is 10.2. The van der Waals surface area contributed by atoms with Crippen molar-refractivity contribution >= 4 is 5.97 Å². The maximum atomic E-state index is 11.0. The van der Waals surface area contributed by atoms with E-state index in [2.05, 4.69) is 5.10 Å². The van der Waals surface area contributed by atoms with Gasteiger partial charge in [-0.05, 0) is 18.9 Å². The normalized spacial score (nSPS) is 16.7. The van der Waals surface area contributed by atoms with Crippen molar-refractivity contribution < 1.29 is 9.90 Å². The fourth-order valence-electron chi connectivity index (χ4n) is 1.52. The largest absolute Gasteiger partial charge is 0.477 e. The number of hydrogen-bond donors (Lipinski definition) is 1. The molecule has 0 spiro atoms. The summed E-state index contributed by atoms with van der Waals surface area (Å²) in [7, 11) is 0. The number of aromatic nitrogens is 2. The second-order valence-corrected chi connectivity index (χ2v) is 5.15. The first-order valence-corrected chi connectivity index (χ1v) is 5.23. The molecule has 0 atom stereocenters. The molecule has 1 aromatic rings. The van der Waals surface area contributed by atoms with E-state index in [0.29, 0.717) is 11.7 Å². The van der Waals surface area contributed by atoms with Crippen molar-refractivity contribution in [3.05, 3.63) is 17.5 Å². The smallest absolute Gasteiger partial charge is 0.354 e. The lowest BCUT2D eigenvalue weighted by Crippen LogP contribution is -2.13. The van der Waals surface area contributed by atoms with E-state index >= 15 is 0 Å². The van der Waals surface area contributed by atoms with Crippen molar-refractivity contribution in [2.75, 3.05) is 0 Å². The molecule has 1 heterocycles. The lowest BCUT2D eigenvalue weighted by atomic mass is 9.92. The molecule has 2 rings (SSSR count). The van der Waals surface area contributed by atoms with Crippen LogP contribution < -0.4 is 0 Å². The maximum Gasteiger partial charge on any atom is 0.354 e. The monoisotopic (exact) mass is 208 g/mol. The molecule has 0 aromatic carbocycles. The van der Waals surface area contributed by atoms with E-state index in [1.807, 2.05) is 20.8 Å². The van der Waals surface area contributed by atoms with Gasteiger partial charge in [-0.2, -0.15) is 5.10 Å². The molecule has 0 unspecified atom stereocenters. The third-order valence-electron chi connectivity index (χ3n) is 2.62. The fourth-order valence-corrected chi connectivity index (χ4v) is 1.52. The molecular weight excluding hydrogens is 192 g/mol. The van der Waals surface area contributed by atoms with Crippen LogP contribution in [0.4, 0.5) is 0 Å². The fraction of sp³-hybridized carbons (Fsp3) is 0.636. The summed E-state index contributed by atoms with van der Waals surface area (Å²) in [5.41, 5.74) is 1.08. The highest BCUT2D eigenvalue weighted by molar-refractivity contribution is 5.86. The number of nitrogens with zero attached hydrogens (tertiary/aromatic N) is 2. The zero-order valence-electron chi connectivity index (χ0n) is 9.32. The van der Waals surface area contributed by atoms with Crippen molar-refractivity contribution in [2.45, 2.75) is 45.1 Å². The summed E-state index contributed by atoms with van der Waals surface area (Å²) in [6, 6.07) is 2.01. The van der Waals surface area contributed by atoms with Crippen LogP contribution in [0.25, 0.3) is 0 Å². The molecular formula is C11H16N2O2. The summed E-state index contributed by atoms with van der Waals surface area (Å²) in [6.07, 6.45) is 2.09. The molecule has 0 amide bonds. The Labute approximate surface area is 88.9 Å². The van der Waals surface area contributed by atoms with Crippen LogP contribution in [0.2, 0.25) is 0 Å². The molecule has 1 aliphatic carbocycles. The molecule has 82 valence electrons. The van der Waals surface area contributed by atoms with Crippen LogP contribution in [0, 0.1) is 0 Å². The van der Waals surface area contributed by atoms with E-state index in [4.69, 9.17) is 5.11 Å². The topological polar surface area (TPSA) is 55.1 Å². The molecule has 0 aliphatic heterocycles. The molecule has 1 N–H and O–H groups in total. The molecule has 0 radical (unpaired) electrons. The van der Waals surface area contributed by atoms with Crippen molar-refractivity contribution in [3.8, 4) is 0 Å². The third-order valence-corrected chi connectivity index (χ3v) is 2.62. The minimum atomic E-state index is -0.884. The minimum absolute atomic E-state index is 0.0929. The van der Waals surface area contributed by atoms with Gasteiger partial charge in [-0.15, -0.1) is 0 Å². The second kappa shape index (κ2) is 3.08. The number of carbonyl (C=O) groups is 1. The van der Waals surface area contributed by atoms with Gasteiger partial charge in [-0.25, -0.2) is 4.79 Å². The Balaban J connectivity index is 2.44. The van der Waals surface area contributed by atoms with Crippen LogP contribution in [0.5, 0.6) is 0 Å². The third kappa shape index (κ3) is 1.89. The molecule has 1 aliphatic rings. The van der Waals surface area contributed by atoms with Crippen molar-refractivity contribution in [2.24, 2.45) is 0 Å². The van der Waals surface area contributed by atoms with Gasteiger partial charge >= 0.3 is 5.97 Å². The highest BCUT2D eigenvalue weighted by atomic mass is 16.4. The Kier molecular flexibility index (Phi) is 2.10. The number of hydrogen-bond acceptors (Lipinski definition) is 2. The number of aromatic carboxylic acids is 1. The molecule has 4 heteroatoms. The van der Waals surface area contributed by atoms with E-state index in [1.165, 1.54) is 0 Å². The average Bonchev–Trinajstić information content (AvgIpc) is 2.81. The van der Waals surface area contributed by atoms with Crippen LogP contribution >= 0.6 is 0 Å². The average molecular weight is 208 g/mol. The molecule has 1 fully saturated rings. The molecule has 0 saturated heterocycles. The predicted octanol–water partition coefficient (Wildman–Crippen LogP) is 2.21. The van der Waals surface area contributed by atoms with Crippen LogP contribution in [0.3, 0.4) is 0 Å². The Morgan fingerprint density at radius 3 is 2.53 bits per heavy atom. The lowest BCUT2D eigenvalue weighted by Gasteiger charge is -2.14. The van der Waals surface area contributed by atoms with Crippen molar-refractivity contribution in [1.29, 1.82) is 0 Å². The standard InChI is InChI=1S/C11H16N2O2/c1-11(2,3)9-6-8(10(14)15)13(12-9)7-4-5-7/h6-7H,4-5H2,1-3H3,(H,14,15). The van der Waals surface area contributed by atoms with Gasteiger partial charge in [0.25, 0.3) is 0 Å². The Hall–Kier alpha value is -1.32. The minimum Gasteiger partial charge on any atom is -0.477 e. The Morgan fingerprint density at radius 2 is 2.13 bits per heavy atom. The first-order chi connectivity index (χ1) is 6.89. The Morgan fingerprint density at radius 1 is 1.53 bits per heavy atom. The first-order valence-electron chi connectivity index (χ1n) is 5.23. The van der Waals surface area contributed by atoms with E-state index in [0.717, 1.165) is 18.5 Å². The zero-order chi connectivity index (χ0) is 11.2. The molecule has 1 saturated carbocycles. The molecule has 0 bridgehead atoms. The van der Waals surface area contributed by atoms with Crippen LogP contribution in [-0.4, -0.2) is 20.9 Å². The van der Waals surface area contributed by atoms with Gasteiger partial charge in [-0.3, -0.25) is 4.68 Å². The number of carboxylic acids is 1. The van der Waals surface area contributed by atoms with Gasteiger partial charge in [0.05, 0.1) is 11.7 Å². The van der Waals surface area contributed by atoms with Crippen LogP contribution in [0.15, 0.2) is 6.07 Å². The van der Waals surface area contributed by atoms with E-state index in [-0.39, 0.29) is 5.41 Å². The highest BCUT2D eigenvalue weighted by Gasteiger charge is 2.31. The summed E-state index contributed by atoms with van der Waals surface area (Å²) in [5, 5.41) is 13.5. The summed E-state index contributed by atoms with van der Waals surface area (Å²) in [6.45, 7) is 6.12. The van der Waals surface area contributed by atoms with Gasteiger partial charge in [0, 0.05) is 5.41 Å². The molecule has 4 nitrogen and oxygen atoms in total.